The zero-order valence-electron chi connectivity index (χ0n) is 16.5. The van der Waals surface area contributed by atoms with E-state index in [1.54, 1.807) is 12.1 Å². The Morgan fingerprint density at radius 1 is 1.23 bits per heavy atom. The number of alkyl halides is 3. The molecule has 0 saturated carbocycles. The summed E-state index contributed by atoms with van der Waals surface area (Å²) in [6.07, 6.45) is -3.84. The Bertz CT molecular complexity index is 983. The van der Waals surface area contributed by atoms with Crippen LogP contribution in [0.1, 0.15) is 17.5 Å². The second kappa shape index (κ2) is 10.8. The van der Waals surface area contributed by atoms with Gasteiger partial charge in [-0.1, -0.05) is 28.9 Å². The molecule has 2 aromatic rings. The van der Waals surface area contributed by atoms with E-state index in [1.165, 1.54) is 12.1 Å². The lowest BCUT2D eigenvalue weighted by atomic mass is 10.1. The van der Waals surface area contributed by atoms with Crippen molar-refractivity contribution >= 4 is 29.4 Å². The molecule has 2 rings (SSSR count). The minimum absolute atomic E-state index is 0.0280. The number of carbonyl (C=O) groups is 2. The van der Waals surface area contributed by atoms with Gasteiger partial charge in [-0.25, -0.2) is 0 Å². The predicted molar refractivity (Wildman–Crippen MR) is 108 cm³/mol. The van der Waals surface area contributed by atoms with Gasteiger partial charge in [0.25, 0.3) is 11.8 Å². The summed E-state index contributed by atoms with van der Waals surface area (Å²) >= 11 is 0. The van der Waals surface area contributed by atoms with Crippen molar-refractivity contribution in [1.29, 1.82) is 5.26 Å². The van der Waals surface area contributed by atoms with E-state index in [1.807, 2.05) is 25.1 Å². The van der Waals surface area contributed by atoms with Gasteiger partial charge in [0.05, 0.1) is 18.1 Å². The normalized spacial score (nSPS) is 11.1. The molecular weight excluding hydrogens is 413 g/mol. The Balaban J connectivity index is 1.98. The minimum atomic E-state index is -4.58. The van der Waals surface area contributed by atoms with Crippen LogP contribution in [0.4, 0.5) is 24.5 Å². The van der Waals surface area contributed by atoms with Crippen LogP contribution in [0.25, 0.3) is 0 Å². The maximum absolute atomic E-state index is 12.9. The number of aryl methyl sites for hydroxylation is 1. The first-order chi connectivity index (χ1) is 14.7. The van der Waals surface area contributed by atoms with Crippen LogP contribution < -0.4 is 10.2 Å². The van der Waals surface area contributed by atoms with Crippen molar-refractivity contribution in [3.63, 3.8) is 0 Å². The van der Waals surface area contributed by atoms with E-state index in [2.05, 4.69) is 10.5 Å². The standard InChI is InChI=1S/C21H19F3N4O3/c1-15-6-8-17(9-7-15)27-19(29)13-26-31-14-20(30)28(11-3-10-25)18-5-2-4-16(12-18)21(22,23)24/h2,4-9,12-13H,3,11,14H2,1H3,(H,27,29)/b26-13-. The molecule has 0 saturated heterocycles. The fourth-order valence-corrected chi connectivity index (χ4v) is 2.48. The molecule has 0 unspecified atom stereocenters. The Morgan fingerprint density at radius 3 is 2.58 bits per heavy atom. The molecule has 0 aliphatic carbocycles. The smallest absolute Gasteiger partial charge is 0.385 e. The molecule has 1 N–H and O–H groups in total. The van der Waals surface area contributed by atoms with Crippen LogP contribution in [0.15, 0.2) is 53.7 Å². The average Bonchev–Trinajstić information content (AvgIpc) is 2.73. The number of hydrogen-bond acceptors (Lipinski definition) is 5. The number of nitrogens with zero attached hydrogens (tertiary/aromatic N) is 3. The molecule has 162 valence electrons. The van der Waals surface area contributed by atoms with Crippen molar-refractivity contribution in [1.82, 2.24) is 0 Å². The fraction of sp³-hybridized carbons (Fsp3) is 0.238. The summed E-state index contributed by atoms with van der Waals surface area (Å²) in [6, 6.07) is 13.0. The van der Waals surface area contributed by atoms with Crippen LogP contribution in [0, 0.1) is 18.3 Å². The molecule has 0 spiro atoms. The summed E-state index contributed by atoms with van der Waals surface area (Å²) in [7, 11) is 0. The summed E-state index contributed by atoms with van der Waals surface area (Å²) in [5.74, 6) is -1.30. The van der Waals surface area contributed by atoms with Gasteiger partial charge in [0.15, 0.2) is 6.61 Å². The third kappa shape index (κ3) is 7.47. The summed E-state index contributed by atoms with van der Waals surface area (Å²) < 4.78 is 38.8. The highest BCUT2D eigenvalue weighted by Crippen LogP contribution is 2.31. The van der Waals surface area contributed by atoms with Crippen molar-refractivity contribution in [3.05, 3.63) is 59.7 Å². The number of nitrogens with one attached hydrogen (secondary N) is 1. The highest BCUT2D eigenvalue weighted by molar-refractivity contribution is 6.31. The van der Waals surface area contributed by atoms with Gasteiger partial charge in [0.1, 0.15) is 6.21 Å². The van der Waals surface area contributed by atoms with Gasteiger partial charge >= 0.3 is 6.18 Å². The highest BCUT2D eigenvalue weighted by atomic mass is 19.4. The quantitative estimate of drug-likeness (QED) is 0.506. The van der Waals surface area contributed by atoms with Gasteiger partial charge < -0.3 is 15.1 Å². The zero-order valence-corrected chi connectivity index (χ0v) is 16.5. The number of carbonyl (C=O) groups excluding carboxylic acids is 2. The van der Waals surface area contributed by atoms with E-state index < -0.39 is 30.2 Å². The van der Waals surface area contributed by atoms with Crippen molar-refractivity contribution < 1.29 is 27.6 Å². The molecule has 31 heavy (non-hydrogen) atoms. The van der Waals surface area contributed by atoms with Gasteiger partial charge in [-0.3, -0.25) is 9.59 Å². The lowest BCUT2D eigenvalue weighted by molar-refractivity contribution is -0.137. The van der Waals surface area contributed by atoms with Gasteiger partial charge in [-0.2, -0.15) is 18.4 Å². The first-order valence-corrected chi connectivity index (χ1v) is 9.08. The molecule has 0 aromatic heterocycles. The minimum Gasteiger partial charge on any atom is -0.385 e. The van der Waals surface area contributed by atoms with E-state index in [-0.39, 0.29) is 18.7 Å². The van der Waals surface area contributed by atoms with Crippen molar-refractivity contribution in [2.45, 2.75) is 19.5 Å². The Morgan fingerprint density at radius 2 is 1.94 bits per heavy atom. The molecule has 0 atom stereocenters. The third-order valence-electron chi connectivity index (χ3n) is 3.99. The Kier molecular flexibility index (Phi) is 8.14. The lowest BCUT2D eigenvalue weighted by Crippen LogP contribution is -2.34. The molecule has 0 radical (unpaired) electrons. The molecule has 0 aliphatic rings. The largest absolute Gasteiger partial charge is 0.416 e. The lowest BCUT2D eigenvalue weighted by Gasteiger charge is -2.22. The molecule has 0 aliphatic heterocycles. The molecular formula is C21H19F3N4O3. The van der Waals surface area contributed by atoms with Crippen molar-refractivity contribution in [3.8, 4) is 6.07 Å². The van der Waals surface area contributed by atoms with E-state index in [0.717, 1.165) is 28.8 Å². The summed E-state index contributed by atoms with van der Waals surface area (Å²) in [5.41, 5.74) is 0.617. The van der Waals surface area contributed by atoms with Crippen LogP contribution in [0.5, 0.6) is 0 Å². The fourth-order valence-electron chi connectivity index (χ4n) is 2.48. The number of oxime groups is 1. The van der Waals surface area contributed by atoms with E-state index in [9.17, 15) is 22.8 Å². The topological polar surface area (TPSA) is 94.8 Å². The number of nitriles is 1. The van der Waals surface area contributed by atoms with E-state index >= 15 is 0 Å². The monoisotopic (exact) mass is 432 g/mol. The zero-order chi connectivity index (χ0) is 22.9. The number of amides is 2. The van der Waals surface area contributed by atoms with Crippen LogP contribution in [-0.4, -0.2) is 31.2 Å². The summed E-state index contributed by atoms with van der Waals surface area (Å²) in [6.45, 7) is 1.14. The SMILES string of the molecule is Cc1ccc(NC(=O)/C=N\OCC(=O)N(CCC#N)c2cccc(C(F)(F)F)c2)cc1. The Hall–Kier alpha value is -3.87. The van der Waals surface area contributed by atoms with Gasteiger partial charge in [0, 0.05) is 17.9 Å². The molecule has 2 amide bonds. The maximum Gasteiger partial charge on any atom is 0.416 e. The second-order valence-corrected chi connectivity index (χ2v) is 6.36. The van der Waals surface area contributed by atoms with Gasteiger partial charge in [-0.15, -0.1) is 0 Å². The van der Waals surface area contributed by atoms with Gasteiger partial charge in [-0.05, 0) is 37.3 Å². The second-order valence-electron chi connectivity index (χ2n) is 6.36. The number of rotatable bonds is 8. The first-order valence-electron chi connectivity index (χ1n) is 9.08. The molecule has 2 aromatic carbocycles. The van der Waals surface area contributed by atoms with Crippen molar-refractivity contribution in [2.75, 3.05) is 23.4 Å². The van der Waals surface area contributed by atoms with Crippen LogP contribution >= 0.6 is 0 Å². The van der Waals surface area contributed by atoms with Crippen LogP contribution in [0.3, 0.4) is 0 Å². The summed E-state index contributed by atoms with van der Waals surface area (Å²) in [4.78, 5) is 30.0. The maximum atomic E-state index is 12.9. The summed E-state index contributed by atoms with van der Waals surface area (Å²) in [5, 5.41) is 14.7. The van der Waals surface area contributed by atoms with Crippen LogP contribution in [0.2, 0.25) is 0 Å². The number of halogens is 3. The van der Waals surface area contributed by atoms with Crippen LogP contribution in [-0.2, 0) is 20.6 Å². The number of anilines is 2. The highest BCUT2D eigenvalue weighted by Gasteiger charge is 2.31. The average molecular weight is 432 g/mol. The first kappa shape index (κ1) is 23.4. The van der Waals surface area contributed by atoms with Gasteiger partial charge in [0.2, 0.25) is 0 Å². The molecule has 0 heterocycles. The molecule has 7 nitrogen and oxygen atoms in total. The molecule has 0 bridgehead atoms. The molecule has 0 fully saturated rings. The van der Waals surface area contributed by atoms with Crippen molar-refractivity contribution in [2.24, 2.45) is 5.16 Å². The van der Waals surface area contributed by atoms with E-state index in [0.29, 0.717) is 5.69 Å². The third-order valence-corrected chi connectivity index (χ3v) is 3.99. The van der Waals surface area contributed by atoms with E-state index in [4.69, 9.17) is 10.1 Å². The number of hydrogen-bond donors (Lipinski definition) is 1. The predicted octanol–water partition coefficient (Wildman–Crippen LogP) is 3.90. The molecule has 10 heteroatoms. The Labute approximate surface area is 176 Å². The number of benzene rings is 2.